The molecule has 0 atom stereocenters. The first-order chi connectivity index (χ1) is 20.2. The summed E-state index contributed by atoms with van der Waals surface area (Å²) in [6.07, 6.45) is 0. The third kappa shape index (κ3) is 10.1. The van der Waals surface area contributed by atoms with Crippen LogP contribution in [0, 0.1) is 0 Å². The van der Waals surface area contributed by atoms with Crippen molar-refractivity contribution in [2.75, 3.05) is 0 Å². The summed E-state index contributed by atoms with van der Waals surface area (Å²) < 4.78 is 86.9. The Morgan fingerprint density at radius 3 is 0.447 bits per heavy atom. The van der Waals surface area contributed by atoms with Crippen molar-refractivity contribution in [1.29, 1.82) is 0 Å². The molecule has 3 fully saturated rings. The van der Waals surface area contributed by atoms with Crippen LogP contribution in [0.15, 0.2) is 0 Å². The van der Waals surface area contributed by atoms with Gasteiger partial charge in [-0.2, -0.15) is 0 Å². The largest absolute Gasteiger partial charge is 0.418 e. The lowest BCUT2D eigenvalue weighted by atomic mass is 11.9. The van der Waals surface area contributed by atoms with Gasteiger partial charge in [-0.05, 0) is 137 Å². The van der Waals surface area contributed by atoms with Gasteiger partial charge in [0.1, 0.15) is 0 Å². The first kappa shape index (κ1) is 43.7. The van der Waals surface area contributed by atoms with Crippen molar-refractivity contribution >= 4 is 108 Å². The van der Waals surface area contributed by atoms with E-state index in [1.165, 1.54) is 0 Å². The van der Waals surface area contributed by atoms with E-state index >= 15 is 0 Å². The molecule has 0 saturated carbocycles. The maximum Gasteiger partial charge on any atom is 0.314 e. The van der Waals surface area contributed by atoms with E-state index in [9.17, 15) is 0 Å². The molecule has 3 aliphatic heterocycles. The molecule has 0 aromatic rings. The highest BCUT2D eigenvalue weighted by molar-refractivity contribution is 7.86. The number of hydrogen-bond donors (Lipinski definition) is 0. The second kappa shape index (κ2) is 12.7. The average Bonchev–Trinajstić information content (AvgIpc) is 2.60. The Balaban J connectivity index is 2.49. The molecule has 278 valence electrons. The van der Waals surface area contributed by atoms with Gasteiger partial charge in [-0.3, -0.25) is 0 Å². The monoisotopic (exact) mass is 886 g/mol. The number of hydrogen-bond acceptors (Lipinski definition) is 12. The van der Waals surface area contributed by atoms with Crippen molar-refractivity contribution < 1.29 is 49.4 Å². The molecule has 0 bridgehead atoms. The molecule has 0 amide bonds. The summed E-state index contributed by atoms with van der Waals surface area (Å²) in [5.41, 5.74) is 0. The van der Waals surface area contributed by atoms with E-state index in [2.05, 4.69) is 144 Å². The van der Waals surface area contributed by atoms with Crippen molar-refractivity contribution in [3.63, 3.8) is 0 Å². The van der Waals surface area contributed by atoms with Gasteiger partial charge in [0.15, 0.2) is 0 Å². The van der Waals surface area contributed by atoms with Crippen LogP contribution in [0.3, 0.4) is 0 Å². The van der Waals surface area contributed by atoms with E-state index in [1.807, 2.05) is 0 Å². The quantitative estimate of drug-likeness (QED) is 0.271. The van der Waals surface area contributed by atoms with Crippen LogP contribution in [0.1, 0.15) is 0 Å². The third-order valence-electron chi connectivity index (χ3n) is 8.32. The molecule has 0 unspecified atom stereocenters. The van der Waals surface area contributed by atoms with Crippen LogP contribution in [-0.4, -0.2) is 108 Å². The Morgan fingerprint density at radius 1 is 0.213 bits per heavy atom. The zero-order chi connectivity index (χ0) is 37.0. The van der Waals surface area contributed by atoms with E-state index < -0.39 is 108 Å². The van der Waals surface area contributed by atoms with Crippen molar-refractivity contribution in [2.45, 2.75) is 144 Å². The molecule has 12 nitrogen and oxygen atoms in total. The van der Waals surface area contributed by atoms with Crippen LogP contribution in [0.5, 0.6) is 0 Å². The summed E-state index contributed by atoms with van der Waals surface area (Å²) in [6.45, 7) is 43.4. The molecule has 0 spiro atoms. The molecule has 47 heavy (non-hydrogen) atoms. The molecule has 0 aliphatic carbocycles. The summed E-state index contributed by atoms with van der Waals surface area (Å²) in [4.78, 5) is 0. The highest BCUT2D eigenvalue weighted by atomic mass is 30.0. The van der Waals surface area contributed by atoms with E-state index in [4.69, 9.17) is 49.4 Å². The fourth-order valence-electron chi connectivity index (χ4n) is 8.47. The van der Waals surface area contributed by atoms with Gasteiger partial charge in [0.05, 0.1) is 0 Å². The van der Waals surface area contributed by atoms with Crippen molar-refractivity contribution in [3.8, 4) is 0 Å². The Bertz CT molecular complexity index is 990. The summed E-state index contributed by atoms with van der Waals surface area (Å²) in [7, 11) is -35.3. The van der Waals surface area contributed by atoms with Crippen LogP contribution in [0.25, 0.3) is 0 Å². The Kier molecular flexibility index (Phi) is 11.8. The normalized spacial score (nSPS) is 33.1. The first-order valence-electron chi connectivity index (χ1n) is 16.6. The molecule has 3 heterocycles. The predicted molar refractivity (Wildman–Crippen MR) is 217 cm³/mol. The topological polar surface area (TPSA) is 111 Å². The molecule has 3 saturated heterocycles. The lowest BCUT2D eigenvalue weighted by Gasteiger charge is -2.63. The minimum atomic E-state index is -3.48. The lowest BCUT2D eigenvalue weighted by Crippen LogP contribution is -2.95. The SMILES string of the molecule is C[Si]1(C)O[Si](C)(C)O[Si](C)([Si](C)([Si]2(C)O[Si](C)(C)O[Si](C)(C)O[Si](C)(C)O2)[Si]2(C)O[Si](C)(C)O[Si](C)(C)O[Si](C)(C)O2)O[Si](C)(C)O1. The summed E-state index contributed by atoms with van der Waals surface area (Å²) in [6, 6.07) is 0. The van der Waals surface area contributed by atoms with E-state index in [-0.39, 0.29) is 0 Å². The Hall–Kier alpha value is 2.34. The van der Waals surface area contributed by atoms with Gasteiger partial charge in [-0.1, -0.05) is 6.55 Å². The van der Waals surface area contributed by atoms with Gasteiger partial charge >= 0.3 is 101 Å². The molecular weight excluding hydrogens is 821 g/mol. The van der Waals surface area contributed by atoms with Gasteiger partial charge in [0.25, 0.3) is 0 Å². The summed E-state index contributed by atoms with van der Waals surface area (Å²) >= 11 is 0. The highest BCUT2D eigenvalue weighted by Crippen LogP contribution is 2.49. The van der Waals surface area contributed by atoms with Crippen molar-refractivity contribution in [2.24, 2.45) is 0 Å². The Morgan fingerprint density at radius 2 is 0.319 bits per heavy atom. The molecule has 0 aromatic heterocycles. The van der Waals surface area contributed by atoms with Crippen molar-refractivity contribution in [3.05, 3.63) is 0 Å². The fourth-order valence-corrected chi connectivity index (χ4v) is 144. The van der Waals surface area contributed by atoms with Gasteiger partial charge < -0.3 is 49.4 Å². The summed E-state index contributed by atoms with van der Waals surface area (Å²) in [5, 5.41) is 0. The zero-order valence-electron chi connectivity index (χ0n) is 33.4. The van der Waals surface area contributed by atoms with Crippen LogP contribution in [-0.2, 0) is 49.4 Å². The molecule has 0 N–H and O–H groups in total. The van der Waals surface area contributed by atoms with E-state index in [1.54, 1.807) is 0 Å². The molecule has 0 radical (unpaired) electrons. The maximum atomic E-state index is 7.59. The van der Waals surface area contributed by atoms with Crippen LogP contribution >= 0.6 is 0 Å². The smallest absolute Gasteiger partial charge is 0.314 e. The minimum absolute atomic E-state index is 2.09. The van der Waals surface area contributed by atoms with Gasteiger partial charge in [-0.25, -0.2) is 0 Å². The minimum Gasteiger partial charge on any atom is -0.418 e. The maximum absolute atomic E-state index is 7.59. The standard InChI is InChI=1S/C22H66O12Si13/c1-35(2)23-38(7,8)29-44(19,30-39(9,10)24-35)47(22,45(20)31-40(11,12)25-36(3,4)26-41(13,14)32-45)46(21)33-42(15,16)27-37(5,6)28-43(17,18)34-46/h1-22H3. The van der Waals surface area contributed by atoms with Crippen LogP contribution in [0.4, 0.5) is 0 Å². The molecule has 3 rings (SSSR count). The second-order valence-electron chi connectivity index (χ2n) is 17.8. The average molecular weight is 888 g/mol. The lowest BCUT2D eigenvalue weighted by molar-refractivity contribution is 0.236. The van der Waals surface area contributed by atoms with Crippen LogP contribution in [0.2, 0.25) is 144 Å². The zero-order valence-corrected chi connectivity index (χ0v) is 46.4. The van der Waals surface area contributed by atoms with Gasteiger partial charge in [-0.15, -0.1) is 0 Å². The third-order valence-corrected chi connectivity index (χ3v) is 105. The second-order valence-corrected chi connectivity index (χ2v) is 82.4. The highest BCUT2D eigenvalue weighted by Gasteiger charge is 2.83. The Labute approximate surface area is 299 Å². The van der Waals surface area contributed by atoms with Gasteiger partial charge in [0, 0.05) is 0 Å². The number of rotatable bonds is 3. The molecule has 25 heteroatoms. The molecular formula is C22H66O12Si13. The molecule has 0 aromatic carbocycles. The van der Waals surface area contributed by atoms with Crippen molar-refractivity contribution in [1.82, 2.24) is 0 Å². The predicted octanol–water partition coefficient (Wildman–Crippen LogP) is 7.07. The summed E-state index contributed by atoms with van der Waals surface area (Å²) in [5.74, 6) is 0. The van der Waals surface area contributed by atoms with E-state index in [0.717, 1.165) is 0 Å². The first-order valence-corrected chi connectivity index (χ1v) is 54.4. The molecule has 3 aliphatic rings. The van der Waals surface area contributed by atoms with E-state index in [0.29, 0.717) is 0 Å². The fraction of sp³-hybridized carbons (Fsp3) is 1.00. The van der Waals surface area contributed by atoms with Crippen LogP contribution < -0.4 is 0 Å². The van der Waals surface area contributed by atoms with Gasteiger partial charge in [0.2, 0.25) is 6.63 Å².